The molecule has 3 nitrogen and oxygen atoms in total. The van der Waals surface area contributed by atoms with E-state index in [4.69, 9.17) is 16.0 Å². The largest absolute Gasteiger partial charge is 0.469 e. The molecule has 0 aromatic carbocycles. The summed E-state index contributed by atoms with van der Waals surface area (Å²) in [5.74, 6) is 1.68. The number of furan rings is 1. The van der Waals surface area contributed by atoms with Crippen molar-refractivity contribution in [1.29, 1.82) is 0 Å². The highest BCUT2D eigenvalue weighted by Crippen LogP contribution is 2.26. The van der Waals surface area contributed by atoms with Crippen LogP contribution in [0.25, 0.3) is 0 Å². The Labute approximate surface area is 114 Å². The number of anilines is 1. The van der Waals surface area contributed by atoms with E-state index in [-0.39, 0.29) is 0 Å². The molecule has 0 fully saturated rings. The molecule has 0 unspecified atom stereocenters. The lowest BCUT2D eigenvalue weighted by Gasteiger charge is -2.18. The predicted octanol–water partition coefficient (Wildman–Crippen LogP) is 4.04. The number of pyridine rings is 1. The zero-order chi connectivity index (χ0) is 12.4. The van der Waals surface area contributed by atoms with Crippen molar-refractivity contribution in [2.45, 2.75) is 13.5 Å². The fourth-order valence-electron chi connectivity index (χ4n) is 1.59. The monoisotopic (exact) mass is 314 g/mol. The van der Waals surface area contributed by atoms with Gasteiger partial charge < -0.3 is 9.32 Å². The molecular weight excluding hydrogens is 304 g/mol. The van der Waals surface area contributed by atoms with Crippen molar-refractivity contribution >= 4 is 33.3 Å². The molecule has 2 aromatic rings. The Morgan fingerprint density at radius 1 is 1.53 bits per heavy atom. The second-order valence-electron chi connectivity index (χ2n) is 3.82. The zero-order valence-corrected chi connectivity index (χ0v) is 11.9. The molecule has 0 saturated carbocycles. The molecule has 2 aromatic heterocycles. The van der Waals surface area contributed by atoms with Gasteiger partial charge in [0.15, 0.2) is 0 Å². The second-order valence-corrected chi connectivity index (χ2v) is 5.14. The average molecular weight is 316 g/mol. The number of hydrogen-bond acceptors (Lipinski definition) is 3. The van der Waals surface area contributed by atoms with Crippen LogP contribution in [0.4, 0.5) is 5.82 Å². The minimum absolute atomic E-state index is 0.628. The number of rotatable bonds is 3. The van der Waals surface area contributed by atoms with E-state index in [1.54, 1.807) is 12.5 Å². The molecule has 0 atom stereocenters. The minimum atomic E-state index is 0.628. The van der Waals surface area contributed by atoms with Gasteiger partial charge in [-0.25, -0.2) is 4.98 Å². The van der Waals surface area contributed by atoms with Crippen LogP contribution < -0.4 is 4.90 Å². The van der Waals surface area contributed by atoms with Gasteiger partial charge in [0.25, 0.3) is 0 Å². The molecule has 0 aliphatic rings. The molecule has 0 amide bonds. The quantitative estimate of drug-likeness (QED) is 0.856. The van der Waals surface area contributed by atoms with Crippen molar-refractivity contribution in [1.82, 2.24) is 4.98 Å². The predicted molar refractivity (Wildman–Crippen MR) is 72.5 cm³/mol. The van der Waals surface area contributed by atoms with E-state index in [0.717, 1.165) is 28.2 Å². The van der Waals surface area contributed by atoms with Crippen molar-refractivity contribution in [3.05, 3.63) is 45.4 Å². The van der Waals surface area contributed by atoms with Crippen LogP contribution in [0.5, 0.6) is 0 Å². The fraction of sp³-hybridized carbons (Fsp3) is 0.250. The summed E-state index contributed by atoms with van der Waals surface area (Å²) in [7, 11) is 1.95. The third kappa shape index (κ3) is 2.82. The first kappa shape index (κ1) is 12.5. The highest BCUT2D eigenvalue weighted by Gasteiger charge is 2.11. The Morgan fingerprint density at radius 3 is 2.88 bits per heavy atom. The zero-order valence-electron chi connectivity index (χ0n) is 9.58. The molecule has 0 saturated heterocycles. The van der Waals surface area contributed by atoms with E-state index in [0.29, 0.717) is 5.02 Å². The van der Waals surface area contributed by atoms with Gasteiger partial charge in [0.05, 0.1) is 11.3 Å². The lowest BCUT2D eigenvalue weighted by atomic mass is 10.2. The van der Waals surface area contributed by atoms with Gasteiger partial charge in [-0.1, -0.05) is 11.6 Å². The van der Waals surface area contributed by atoms with E-state index in [9.17, 15) is 0 Å². The molecule has 90 valence electrons. The van der Waals surface area contributed by atoms with Crippen molar-refractivity contribution in [2.24, 2.45) is 0 Å². The smallest absolute Gasteiger partial charge is 0.147 e. The van der Waals surface area contributed by atoms with Gasteiger partial charge in [-0.15, -0.1) is 0 Å². The lowest BCUT2D eigenvalue weighted by molar-refractivity contribution is 0.529. The molecule has 0 aliphatic heterocycles. The van der Waals surface area contributed by atoms with Crippen molar-refractivity contribution in [2.75, 3.05) is 11.9 Å². The van der Waals surface area contributed by atoms with Gasteiger partial charge in [0.1, 0.15) is 11.6 Å². The third-order valence-corrected chi connectivity index (χ3v) is 3.24. The summed E-state index contributed by atoms with van der Waals surface area (Å²) in [6.07, 6.45) is 3.43. The van der Waals surface area contributed by atoms with Crippen LogP contribution in [0.15, 0.2) is 33.5 Å². The van der Waals surface area contributed by atoms with Gasteiger partial charge in [-0.2, -0.15) is 0 Å². The summed E-state index contributed by atoms with van der Waals surface area (Å²) in [4.78, 5) is 6.30. The minimum Gasteiger partial charge on any atom is -0.469 e. The molecule has 0 bridgehead atoms. The van der Waals surface area contributed by atoms with E-state index in [2.05, 4.69) is 20.9 Å². The van der Waals surface area contributed by atoms with Gasteiger partial charge in [0.2, 0.25) is 0 Å². The number of nitrogens with zero attached hydrogens (tertiary/aromatic N) is 2. The summed E-state index contributed by atoms with van der Waals surface area (Å²) in [6.45, 7) is 2.66. The Bertz CT molecular complexity index is 527. The number of aromatic nitrogens is 1. The molecule has 2 heterocycles. The number of aryl methyl sites for hydroxylation is 1. The molecule has 0 N–H and O–H groups in total. The molecule has 5 heteroatoms. The standard InChI is InChI=1S/C12H12BrClN2O/c1-8-9(3-4-17-8)7-16(2)12-11(14)5-10(13)6-15-12/h3-6H,7H2,1-2H3. The van der Waals surface area contributed by atoms with Crippen LogP contribution in [0.1, 0.15) is 11.3 Å². The third-order valence-electron chi connectivity index (χ3n) is 2.52. The van der Waals surface area contributed by atoms with Crippen LogP contribution in [0, 0.1) is 6.92 Å². The lowest BCUT2D eigenvalue weighted by Crippen LogP contribution is -2.18. The first-order chi connectivity index (χ1) is 8.08. The fourth-order valence-corrected chi connectivity index (χ4v) is 2.37. The highest BCUT2D eigenvalue weighted by atomic mass is 79.9. The molecule has 17 heavy (non-hydrogen) atoms. The van der Waals surface area contributed by atoms with Crippen molar-refractivity contribution in [3.8, 4) is 0 Å². The Kier molecular flexibility index (Phi) is 3.74. The van der Waals surface area contributed by atoms with Gasteiger partial charge in [0, 0.05) is 29.8 Å². The van der Waals surface area contributed by atoms with Gasteiger partial charge in [-0.05, 0) is 35.0 Å². The second kappa shape index (κ2) is 5.10. The molecule has 0 aliphatic carbocycles. The summed E-state index contributed by atoms with van der Waals surface area (Å²) >= 11 is 9.48. The SMILES string of the molecule is Cc1occc1CN(C)c1ncc(Br)cc1Cl. The summed E-state index contributed by atoms with van der Waals surface area (Å²) in [6, 6.07) is 3.79. The van der Waals surface area contributed by atoms with Gasteiger partial charge in [-0.3, -0.25) is 0 Å². The van der Waals surface area contributed by atoms with Crippen LogP contribution in [0.2, 0.25) is 5.02 Å². The van der Waals surface area contributed by atoms with Crippen molar-refractivity contribution < 1.29 is 4.42 Å². The summed E-state index contributed by atoms with van der Waals surface area (Å²) in [5.41, 5.74) is 1.13. The summed E-state index contributed by atoms with van der Waals surface area (Å²) < 4.78 is 6.14. The van der Waals surface area contributed by atoms with Crippen LogP contribution in [-0.4, -0.2) is 12.0 Å². The average Bonchev–Trinajstić information content (AvgIpc) is 2.64. The van der Waals surface area contributed by atoms with Crippen LogP contribution in [0.3, 0.4) is 0 Å². The molecular formula is C12H12BrClN2O. The Morgan fingerprint density at radius 2 is 2.29 bits per heavy atom. The van der Waals surface area contributed by atoms with Crippen LogP contribution in [-0.2, 0) is 6.54 Å². The highest BCUT2D eigenvalue weighted by molar-refractivity contribution is 9.10. The number of hydrogen-bond donors (Lipinski definition) is 0. The Hall–Kier alpha value is -1.00. The molecule has 2 rings (SSSR count). The topological polar surface area (TPSA) is 29.3 Å². The number of halogens is 2. The van der Waals surface area contributed by atoms with E-state index in [1.807, 2.05) is 31.0 Å². The Balaban J connectivity index is 2.20. The first-order valence-corrected chi connectivity index (χ1v) is 6.30. The van der Waals surface area contributed by atoms with Crippen molar-refractivity contribution in [3.63, 3.8) is 0 Å². The molecule has 0 radical (unpaired) electrons. The van der Waals surface area contributed by atoms with Crippen LogP contribution >= 0.6 is 27.5 Å². The van der Waals surface area contributed by atoms with Gasteiger partial charge >= 0.3 is 0 Å². The maximum Gasteiger partial charge on any atom is 0.147 e. The summed E-state index contributed by atoms with van der Waals surface area (Å²) in [5, 5.41) is 0.628. The first-order valence-electron chi connectivity index (χ1n) is 5.13. The maximum absolute atomic E-state index is 6.15. The van der Waals surface area contributed by atoms with E-state index in [1.165, 1.54) is 0 Å². The normalized spacial score (nSPS) is 10.6. The van der Waals surface area contributed by atoms with E-state index < -0.39 is 0 Å². The van der Waals surface area contributed by atoms with E-state index >= 15 is 0 Å². The maximum atomic E-state index is 6.15. The molecule has 0 spiro atoms.